The van der Waals surface area contributed by atoms with Gasteiger partial charge in [-0.15, -0.1) is 0 Å². The van der Waals surface area contributed by atoms with Crippen LogP contribution in [0.4, 0.5) is 5.69 Å². The van der Waals surface area contributed by atoms with Gasteiger partial charge < -0.3 is 14.8 Å². The Morgan fingerprint density at radius 2 is 1.91 bits per heavy atom. The number of anilines is 1. The first-order valence-electron chi connectivity index (χ1n) is 10.6. The lowest BCUT2D eigenvalue weighted by molar-refractivity contribution is -0.123. The molecule has 1 heterocycles. The fraction of sp³-hybridized carbons (Fsp3) is 0.360. The van der Waals surface area contributed by atoms with Gasteiger partial charge in [-0.1, -0.05) is 50.6 Å². The molecule has 1 N–H and O–H groups in total. The number of hydrogen-bond donors (Lipinski definition) is 1. The molecule has 3 rings (SSSR count). The first-order chi connectivity index (χ1) is 15.2. The van der Waals surface area contributed by atoms with Gasteiger partial charge in [0.25, 0.3) is 5.91 Å². The zero-order valence-electron chi connectivity index (χ0n) is 18.9. The Labute approximate surface area is 194 Å². The Hall–Kier alpha value is -2.83. The summed E-state index contributed by atoms with van der Waals surface area (Å²) in [4.78, 5) is 27.4. The molecule has 0 saturated carbocycles. The van der Waals surface area contributed by atoms with E-state index in [0.717, 1.165) is 11.1 Å². The van der Waals surface area contributed by atoms with Crippen LogP contribution < -0.4 is 15.0 Å². The Morgan fingerprint density at radius 3 is 2.56 bits per heavy atom. The lowest BCUT2D eigenvalue weighted by atomic mass is 9.86. The molecular formula is C25H29ClN2O4. The second-order valence-corrected chi connectivity index (χ2v) is 9.12. The van der Waals surface area contributed by atoms with Crippen molar-refractivity contribution in [2.75, 3.05) is 31.7 Å². The molecule has 6 nitrogen and oxygen atoms in total. The quantitative estimate of drug-likeness (QED) is 0.490. The Morgan fingerprint density at radius 1 is 1.19 bits per heavy atom. The summed E-state index contributed by atoms with van der Waals surface area (Å²) in [5.41, 5.74) is 2.29. The Bertz CT molecular complexity index is 1010. The predicted molar refractivity (Wildman–Crippen MR) is 127 cm³/mol. The molecule has 0 unspecified atom stereocenters. The van der Waals surface area contributed by atoms with Crippen LogP contribution in [-0.2, 0) is 19.7 Å². The normalized spacial score (nSPS) is 14.8. The SMILES string of the molecule is COCCCNC(=O)CN1C(=O)/C(=C\c2ccc(Cl)cc2)Oc2ccc(C(C)(C)C)cc21. The van der Waals surface area contributed by atoms with Crippen LogP contribution in [0, 0.1) is 0 Å². The molecule has 0 saturated heterocycles. The van der Waals surface area contributed by atoms with E-state index in [9.17, 15) is 9.59 Å². The van der Waals surface area contributed by atoms with Crippen LogP contribution in [0.2, 0.25) is 5.02 Å². The molecule has 32 heavy (non-hydrogen) atoms. The van der Waals surface area contributed by atoms with Gasteiger partial charge in [-0.3, -0.25) is 14.5 Å². The zero-order valence-corrected chi connectivity index (χ0v) is 19.7. The largest absolute Gasteiger partial charge is 0.449 e. The van der Waals surface area contributed by atoms with Crippen molar-refractivity contribution in [2.24, 2.45) is 0 Å². The number of carbonyl (C=O) groups is 2. The van der Waals surface area contributed by atoms with Crippen molar-refractivity contribution in [2.45, 2.75) is 32.6 Å². The van der Waals surface area contributed by atoms with E-state index in [1.54, 1.807) is 37.5 Å². The lowest BCUT2D eigenvalue weighted by Crippen LogP contribution is -2.44. The van der Waals surface area contributed by atoms with E-state index in [4.69, 9.17) is 21.1 Å². The number of hydrogen-bond acceptors (Lipinski definition) is 4. The number of rotatable bonds is 7. The van der Waals surface area contributed by atoms with Gasteiger partial charge in [0.05, 0.1) is 5.69 Å². The van der Waals surface area contributed by atoms with Crippen LogP contribution in [0.3, 0.4) is 0 Å². The van der Waals surface area contributed by atoms with Gasteiger partial charge in [0.15, 0.2) is 11.5 Å². The monoisotopic (exact) mass is 456 g/mol. The van der Waals surface area contributed by atoms with E-state index in [1.807, 2.05) is 18.2 Å². The average Bonchev–Trinajstić information content (AvgIpc) is 2.74. The van der Waals surface area contributed by atoms with Crippen LogP contribution in [-0.4, -0.2) is 38.6 Å². The van der Waals surface area contributed by atoms with Crippen LogP contribution in [0.5, 0.6) is 5.75 Å². The molecule has 7 heteroatoms. The number of nitrogens with zero attached hydrogens (tertiary/aromatic N) is 1. The fourth-order valence-corrected chi connectivity index (χ4v) is 3.41. The molecule has 170 valence electrons. The van der Waals surface area contributed by atoms with Gasteiger partial charge in [0.1, 0.15) is 6.54 Å². The summed E-state index contributed by atoms with van der Waals surface area (Å²) < 4.78 is 11.0. The molecule has 0 aromatic heterocycles. The smallest absolute Gasteiger partial charge is 0.294 e. The summed E-state index contributed by atoms with van der Waals surface area (Å²) in [7, 11) is 1.62. The second-order valence-electron chi connectivity index (χ2n) is 8.68. The number of halogens is 1. The predicted octanol–water partition coefficient (Wildman–Crippen LogP) is 4.56. The van der Waals surface area contributed by atoms with Crippen molar-refractivity contribution in [3.05, 3.63) is 64.4 Å². The minimum atomic E-state index is -0.370. The van der Waals surface area contributed by atoms with E-state index in [0.29, 0.717) is 36.0 Å². The number of carbonyl (C=O) groups excluding carboxylic acids is 2. The number of amides is 2. The number of methoxy groups -OCH3 is 1. The maximum absolute atomic E-state index is 13.3. The Balaban J connectivity index is 1.93. The molecule has 2 aromatic carbocycles. The maximum Gasteiger partial charge on any atom is 0.294 e. The number of benzene rings is 2. The third kappa shape index (κ3) is 5.90. The second kappa shape index (κ2) is 10.2. The molecule has 1 aliphatic rings. The molecule has 2 aromatic rings. The van der Waals surface area contributed by atoms with Crippen molar-refractivity contribution < 1.29 is 19.1 Å². The topological polar surface area (TPSA) is 67.9 Å². The van der Waals surface area contributed by atoms with Gasteiger partial charge in [-0.2, -0.15) is 0 Å². The number of nitrogens with one attached hydrogen (secondary N) is 1. The number of fused-ring (bicyclic) bond motifs is 1. The van der Waals surface area contributed by atoms with Crippen molar-refractivity contribution in [1.82, 2.24) is 5.32 Å². The summed E-state index contributed by atoms with van der Waals surface area (Å²) in [5, 5.41) is 3.45. The summed E-state index contributed by atoms with van der Waals surface area (Å²) in [6, 6.07) is 12.9. The molecule has 2 amide bonds. The standard InChI is InChI=1S/C25H29ClN2O4/c1-25(2,3)18-8-11-21-20(15-18)28(16-23(29)27-12-5-13-31-4)24(30)22(32-21)14-17-6-9-19(26)10-7-17/h6-11,14-15H,5,12-13,16H2,1-4H3,(H,27,29)/b22-14+. The highest BCUT2D eigenvalue weighted by Crippen LogP contribution is 2.39. The van der Waals surface area contributed by atoms with Crippen molar-refractivity contribution in [3.8, 4) is 5.75 Å². The summed E-state index contributed by atoms with van der Waals surface area (Å²) in [6.45, 7) is 7.22. The van der Waals surface area contributed by atoms with Crippen molar-refractivity contribution >= 4 is 35.2 Å². The molecule has 0 atom stereocenters. The first kappa shape index (κ1) is 23.8. The average molecular weight is 457 g/mol. The van der Waals surface area contributed by atoms with E-state index in [-0.39, 0.29) is 29.5 Å². The molecular weight excluding hydrogens is 428 g/mol. The van der Waals surface area contributed by atoms with E-state index in [2.05, 4.69) is 26.1 Å². The molecule has 0 bridgehead atoms. The molecule has 0 aliphatic carbocycles. The van der Waals surface area contributed by atoms with Crippen molar-refractivity contribution in [1.29, 1.82) is 0 Å². The van der Waals surface area contributed by atoms with Gasteiger partial charge in [0.2, 0.25) is 5.91 Å². The highest BCUT2D eigenvalue weighted by atomic mass is 35.5. The van der Waals surface area contributed by atoms with E-state index in [1.165, 1.54) is 4.90 Å². The lowest BCUT2D eigenvalue weighted by Gasteiger charge is -2.32. The van der Waals surface area contributed by atoms with Gasteiger partial charge in [-0.05, 0) is 53.3 Å². The molecule has 1 aliphatic heterocycles. The van der Waals surface area contributed by atoms with Crippen LogP contribution in [0.1, 0.15) is 38.3 Å². The summed E-state index contributed by atoms with van der Waals surface area (Å²) in [5.74, 6) is 0.0698. The van der Waals surface area contributed by atoms with Gasteiger partial charge in [0, 0.05) is 25.3 Å². The first-order valence-corrected chi connectivity index (χ1v) is 10.9. The number of ether oxygens (including phenoxy) is 2. The third-order valence-corrected chi connectivity index (χ3v) is 5.36. The molecule has 0 fully saturated rings. The molecule has 0 radical (unpaired) electrons. The van der Waals surface area contributed by atoms with Crippen LogP contribution >= 0.6 is 11.6 Å². The van der Waals surface area contributed by atoms with Crippen LogP contribution in [0.15, 0.2) is 48.2 Å². The minimum absolute atomic E-state index is 0.103. The molecule has 0 spiro atoms. The third-order valence-electron chi connectivity index (χ3n) is 5.11. The highest BCUT2D eigenvalue weighted by Gasteiger charge is 2.33. The summed E-state index contributed by atoms with van der Waals surface area (Å²) in [6.07, 6.45) is 2.36. The van der Waals surface area contributed by atoms with Crippen LogP contribution in [0.25, 0.3) is 6.08 Å². The minimum Gasteiger partial charge on any atom is -0.449 e. The zero-order chi connectivity index (χ0) is 23.3. The Kier molecular flexibility index (Phi) is 7.59. The van der Waals surface area contributed by atoms with Gasteiger partial charge in [-0.25, -0.2) is 0 Å². The highest BCUT2D eigenvalue weighted by molar-refractivity contribution is 6.30. The van der Waals surface area contributed by atoms with E-state index >= 15 is 0 Å². The van der Waals surface area contributed by atoms with Gasteiger partial charge >= 0.3 is 0 Å². The maximum atomic E-state index is 13.3. The van der Waals surface area contributed by atoms with Crippen molar-refractivity contribution in [3.63, 3.8) is 0 Å². The fourth-order valence-electron chi connectivity index (χ4n) is 3.29. The van der Waals surface area contributed by atoms with E-state index < -0.39 is 0 Å². The summed E-state index contributed by atoms with van der Waals surface area (Å²) >= 11 is 5.96.